The van der Waals surface area contributed by atoms with Crippen LogP contribution in [0, 0.1) is 18.7 Å². The summed E-state index contributed by atoms with van der Waals surface area (Å²) in [6.07, 6.45) is 0. The summed E-state index contributed by atoms with van der Waals surface area (Å²) < 4.78 is 39.9. The Kier molecular flexibility index (Phi) is 4.47. The molecule has 0 bridgehead atoms. The highest BCUT2D eigenvalue weighted by atomic mass is 32.2. The summed E-state index contributed by atoms with van der Waals surface area (Å²) in [6.45, 7) is 3.68. The molecule has 0 aromatic heterocycles. The van der Waals surface area contributed by atoms with Crippen LogP contribution < -0.4 is 9.88 Å². The quantitative estimate of drug-likeness (QED) is 0.872. The maximum atomic E-state index is 12.8. The van der Waals surface area contributed by atoms with Crippen LogP contribution in [0.3, 0.4) is 0 Å². The number of hydrogen-bond donors (Lipinski definition) is 1. The molecule has 17 heavy (non-hydrogen) atoms. The summed E-state index contributed by atoms with van der Waals surface area (Å²) in [5.41, 5.74) is 0.674. The van der Waals surface area contributed by atoms with E-state index in [9.17, 15) is 12.8 Å². The Morgan fingerprint density at radius 1 is 1.47 bits per heavy atom. The van der Waals surface area contributed by atoms with Crippen molar-refractivity contribution in [3.05, 3.63) is 29.6 Å². The Balaban J connectivity index is 2.56. The van der Waals surface area contributed by atoms with Crippen molar-refractivity contribution in [1.29, 1.82) is 0 Å². The van der Waals surface area contributed by atoms with Gasteiger partial charge in [0.15, 0.2) is 0 Å². The topological polar surface area (TPSA) is 69.4 Å². The van der Waals surface area contributed by atoms with Crippen LogP contribution in [0.5, 0.6) is 5.75 Å². The molecule has 6 heteroatoms. The van der Waals surface area contributed by atoms with Crippen molar-refractivity contribution in [2.45, 2.75) is 13.8 Å². The van der Waals surface area contributed by atoms with E-state index in [1.807, 2.05) is 0 Å². The largest absolute Gasteiger partial charge is 0.493 e. The number of nitrogens with two attached hydrogens (primary N) is 1. The highest BCUT2D eigenvalue weighted by Gasteiger charge is 2.12. The number of halogens is 1. The zero-order valence-corrected chi connectivity index (χ0v) is 10.6. The lowest BCUT2D eigenvalue weighted by molar-refractivity contribution is 0.270. The number of primary sulfonamides is 1. The Labute approximate surface area is 101 Å². The highest BCUT2D eigenvalue weighted by molar-refractivity contribution is 7.89. The molecule has 1 aromatic rings. The van der Waals surface area contributed by atoms with E-state index >= 15 is 0 Å². The second-order valence-corrected chi connectivity index (χ2v) is 5.81. The first-order valence-electron chi connectivity index (χ1n) is 5.17. The molecule has 96 valence electrons. The van der Waals surface area contributed by atoms with Gasteiger partial charge in [-0.2, -0.15) is 0 Å². The van der Waals surface area contributed by atoms with Crippen molar-refractivity contribution in [2.75, 3.05) is 12.4 Å². The van der Waals surface area contributed by atoms with Gasteiger partial charge in [0.25, 0.3) is 0 Å². The Bertz CT molecular complexity index is 487. The monoisotopic (exact) mass is 261 g/mol. The molecule has 4 nitrogen and oxygen atoms in total. The van der Waals surface area contributed by atoms with E-state index in [0.29, 0.717) is 11.3 Å². The standard InChI is InChI=1S/C11H16FNO3S/c1-8(7-17(13,14)15)6-16-11-4-3-10(12)5-9(11)2/h3-5,8H,6-7H2,1-2H3,(H2,13,14,15). The number of hydrogen-bond acceptors (Lipinski definition) is 3. The van der Waals surface area contributed by atoms with Crippen LogP contribution >= 0.6 is 0 Å². The van der Waals surface area contributed by atoms with Gasteiger partial charge < -0.3 is 4.74 Å². The molecule has 0 aliphatic heterocycles. The molecule has 0 fully saturated rings. The van der Waals surface area contributed by atoms with E-state index in [2.05, 4.69) is 0 Å². The highest BCUT2D eigenvalue weighted by Crippen LogP contribution is 2.19. The van der Waals surface area contributed by atoms with Crippen molar-refractivity contribution >= 4 is 10.0 Å². The minimum atomic E-state index is -3.48. The minimum Gasteiger partial charge on any atom is -0.493 e. The van der Waals surface area contributed by atoms with Gasteiger partial charge in [0.05, 0.1) is 12.4 Å². The van der Waals surface area contributed by atoms with E-state index in [1.165, 1.54) is 18.2 Å². The summed E-state index contributed by atoms with van der Waals surface area (Å²) in [5, 5.41) is 4.92. The van der Waals surface area contributed by atoms with Gasteiger partial charge >= 0.3 is 0 Å². The zero-order chi connectivity index (χ0) is 13.1. The maximum absolute atomic E-state index is 12.8. The molecule has 0 aliphatic carbocycles. The van der Waals surface area contributed by atoms with Crippen LogP contribution in [0.1, 0.15) is 12.5 Å². The summed E-state index contributed by atoms with van der Waals surface area (Å²) in [7, 11) is -3.48. The molecule has 0 saturated heterocycles. The molecular weight excluding hydrogens is 245 g/mol. The fourth-order valence-electron chi connectivity index (χ4n) is 1.45. The van der Waals surface area contributed by atoms with E-state index in [1.54, 1.807) is 13.8 Å². The van der Waals surface area contributed by atoms with E-state index in [0.717, 1.165) is 0 Å². The minimum absolute atomic E-state index is 0.132. The predicted molar refractivity (Wildman–Crippen MR) is 63.8 cm³/mol. The van der Waals surface area contributed by atoms with Gasteiger partial charge in [0.2, 0.25) is 10.0 Å². The molecule has 0 heterocycles. The normalized spacial score (nSPS) is 13.4. The summed E-state index contributed by atoms with van der Waals surface area (Å²) in [6, 6.07) is 4.18. The zero-order valence-electron chi connectivity index (χ0n) is 9.81. The Hall–Kier alpha value is -1.14. The number of sulfonamides is 1. The van der Waals surface area contributed by atoms with Gasteiger partial charge in [0, 0.05) is 5.92 Å². The molecule has 0 saturated carbocycles. The Morgan fingerprint density at radius 2 is 2.12 bits per heavy atom. The molecule has 1 rings (SSSR count). The molecular formula is C11H16FNO3S. The van der Waals surface area contributed by atoms with Crippen molar-refractivity contribution in [2.24, 2.45) is 11.1 Å². The molecule has 2 N–H and O–H groups in total. The van der Waals surface area contributed by atoms with Gasteiger partial charge in [-0.05, 0) is 30.7 Å². The van der Waals surface area contributed by atoms with Gasteiger partial charge in [-0.3, -0.25) is 0 Å². The van der Waals surface area contributed by atoms with Crippen LogP contribution in [0.2, 0.25) is 0 Å². The first-order valence-corrected chi connectivity index (χ1v) is 6.89. The van der Waals surface area contributed by atoms with Gasteiger partial charge in [-0.15, -0.1) is 0 Å². The molecule has 1 atom stereocenters. The van der Waals surface area contributed by atoms with Crippen molar-refractivity contribution in [1.82, 2.24) is 0 Å². The number of ether oxygens (including phenoxy) is 1. The fourth-order valence-corrected chi connectivity index (χ4v) is 2.34. The molecule has 0 amide bonds. The molecule has 0 radical (unpaired) electrons. The second kappa shape index (κ2) is 5.46. The second-order valence-electron chi connectivity index (χ2n) is 4.16. The van der Waals surface area contributed by atoms with Crippen molar-refractivity contribution < 1.29 is 17.5 Å². The molecule has 1 aromatic carbocycles. The molecule has 0 aliphatic rings. The van der Waals surface area contributed by atoms with Crippen molar-refractivity contribution in [3.8, 4) is 5.75 Å². The lowest BCUT2D eigenvalue weighted by atomic mass is 10.2. The smallest absolute Gasteiger partial charge is 0.209 e. The van der Waals surface area contributed by atoms with Crippen LogP contribution in [0.4, 0.5) is 4.39 Å². The summed E-state index contributed by atoms with van der Waals surface area (Å²) in [5.74, 6) is -0.123. The SMILES string of the molecule is Cc1cc(F)ccc1OCC(C)CS(N)(=O)=O. The number of aryl methyl sites for hydroxylation is 1. The first-order chi connectivity index (χ1) is 7.78. The van der Waals surface area contributed by atoms with Crippen LogP contribution in [0.15, 0.2) is 18.2 Å². The third kappa shape index (κ3) is 5.14. The summed E-state index contributed by atoms with van der Waals surface area (Å²) in [4.78, 5) is 0. The van der Waals surface area contributed by atoms with E-state index in [-0.39, 0.29) is 24.1 Å². The number of benzene rings is 1. The molecule has 0 spiro atoms. The van der Waals surface area contributed by atoms with Crippen LogP contribution in [-0.2, 0) is 10.0 Å². The maximum Gasteiger partial charge on any atom is 0.209 e. The molecule has 1 unspecified atom stereocenters. The van der Waals surface area contributed by atoms with Gasteiger partial charge in [-0.25, -0.2) is 17.9 Å². The predicted octanol–water partition coefficient (Wildman–Crippen LogP) is 1.44. The van der Waals surface area contributed by atoms with E-state index in [4.69, 9.17) is 9.88 Å². The van der Waals surface area contributed by atoms with Crippen molar-refractivity contribution in [3.63, 3.8) is 0 Å². The number of rotatable bonds is 5. The van der Waals surface area contributed by atoms with E-state index < -0.39 is 10.0 Å². The summed E-state index contributed by atoms with van der Waals surface area (Å²) >= 11 is 0. The average molecular weight is 261 g/mol. The third-order valence-electron chi connectivity index (χ3n) is 2.18. The third-order valence-corrected chi connectivity index (χ3v) is 3.21. The first kappa shape index (κ1) is 13.9. The lowest BCUT2D eigenvalue weighted by Crippen LogP contribution is -2.25. The van der Waals surface area contributed by atoms with Gasteiger partial charge in [-0.1, -0.05) is 6.92 Å². The van der Waals surface area contributed by atoms with Crippen LogP contribution in [0.25, 0.3) is 0 Å². The van der Waals surface area contributed by atoms with Crippen LogP contribution in [-0.4, -0.2) is 20.8 Å². The lowest BCUT2D eigenvalue weighted by Gasteiger charge is -2.13. The fraction of sp³-hybridized carbons (Fsp3) is 0.455. The van der Waals surface area contributed by atoms with Gasteiger partial charge in [0.1, 0.15) is 11.6 Å². The Morgan fingerprint density at radius 3 is 2.65 bits per heavy atom. The average Bonchev–Trinajstić information content (AvgIpc) is 2.13.